The summed E-state index contributed by atoms with van der Waals surface area (Å²) in [6, 6.07) is 9.01. The fraction of sp³-hybridized carbons (Fsp3) is 0.316. The van der Waals surface area contributed by atoms with Gasteiger partial charge in [-0.1, -0.05) is 6.92 Å². The Kier molecular flexibility index (Phi) is 4.86. The van der Waals surface area contributed by atoms with Gasteiger partial charge in [-0.25, -0.2) is 0 Å². The average Bonchev–Trinajstić information content (AvgIpc) is 2.50. The lowest BCUT2D eigenvalue weighted by Crippen LogP contribution is -2.09. The summed E-state index contributed by atoms with van der Waals surface area (Å²) in [6.45, 7) is 8.69. The molecule has 0 aliphatic rings. The van der Waals surface area contributed by atoms with Gasteiger partial charge in [-0.3, -0.25) is 4.79 Å². The number of anilines is 1. The van der Waals surface area contributed by atoms with E-state index in [2.05, 4.69) is 6.92 Å². The second-order valence-corrected chi connectivity index (χ2v) is 5.62. The number of nitrogens with two attached hydrogens (primary N) is 1. The van der Waals surface area contributed by atoms with Gasteiger partial charge in [0.15, 0.2) is 5.78 Å². The number of hydrogen-bond acceptors (Lipinski definition) is 3. The highest BCUT2D eigenvalue weighted by Crippen LogP contribution is 2.29. The van der Waals surface area contributed by atoms with Crippen LogP contribution < -0.4 is 10.5 Å². The van der Waals surface area contributed by atoms with Crippen LogP contribution in [-0.2, 0) is 0 Å². The van der Waals surface area contributed by atoms with Gasteiger partial charge in [-0.2, -0.15) is 0 Å². The van der Waals surface area contributed by atoms with Crippen molar-refractivity contribution in [3.8, 4) is 5.75 Å². The Labute approximate surface area is 132 Å². The third kappa shape index (κ3) is 3.14. The highest BCUT2D eigenvalue weighted by molar-refractivity contribution is 6.11. The molecular formula is C19H23NO2. The number of ether oxygens (including phenoxy) is 1. The predicted octanol–water partition coefficient (Wildman–Crippen LogP) is 4.21. The van der Waals surface area contributed by atoms with E-state index in [1.54, 1.807) is 24.3 Å². The van der Waals surface area contributed by atoms with E-state index in [-0.39, 0.29) is 5.78 Å². The van der Waals surface area contributed by atoms with Gasteiger partial charge >= 0.3 is 0 Å². The van der Waals surface area contributed by atoms with E-state index in [4.69, 9.17) is 10.5 Å². The van der Waals surface area contributed by atoms with E-state index in [0.717, 1.165) is 34.4 Å². The maximum absolute atomic E-state index is 12.8. The van der Waals surface area contributed by atoms with E-state index in [1.807, 2.05) is 26.8 Å². The minimum atomic E-state index is 0.0279. The zero-order valence-corrected chi connectivity index (χ0v) is 13.7. The summed E-state index contributed by atoms with van der Waals surface area (Å²) in [7, 11) is 0. The van der Waals surface area contributed by atoms with E-state index < -0.39 is 0 Å². The van der Waals surface area contributed by atoms with Crippen molar-refractivity contribution >= 4 is 11.5 Å². The molecule has 3 heteroatoms. The largest absolute Gasteiger partial charge is 0.493 e. The molecule has 0 aliphatic carbocycles. The minimum Gasteiger partial charge on any atom is -0.493 e. The first kappa shape index (κ1) is 16.1. The Morgan fingerprint density at radius 3 is 2.32 bits per heavy atom. The van der Waals surface area contributed by atoms with Crippen molar-refractivity contribution < 1.29 is 9.53 Å². The summed E-state index contributed by atoms with van der Waals surface area (Å²) < 4.78 is 5.78. The molecule has 2 aromatic rings. The SMILES string of the molecule is CCCOc1cc(C)c(C(=O)c2ccc(N)cc2)c(C)c1C. The molecule has 0 amide bonds. The number of ketones is 1. The van der Waals surface area contributed by atoms with E-state index in [0.29, 0.717) is 17.9 Å². The molecule has 0 heterocycles. The summed E-state index contributed by atoms with van der Waals surface area (Å²) in [5.41, 5.74) is 10.7. The second-order valence-electron chi connectivity index (χ2n) is 5.62. The zero-order valence-electron chi connectivity index (χ0n) is 13.7. The number of rotatable bonds is 5. The lowest BCUT2D eigenvalue weighted by molar-refractivity contribution is 0.103. The van der Waals surface area contributed by atoms with E-state index >= 15 is 0 Å². The summed E-state index contributed by atoms with van der Waals surface area (Å²) >= 11 is 0. The van der Waals surface area contributed by atoms with Gasteiger partial charge in [0.2, 0.25) is 0 Å². The van der Waals surface area contributed by atoms with Gasteiger partial charge in [-0.05, 0) is 74.2 Å². The number of benzene rings is 2. The molecule has 0 unspecified atom stereocenters. The smallest absolute Gasteiger partial charge is 0.193 e. The average molecular weight is 297 g/mol. The monoisotopic (exact) mass is 297 g/mol. The van der Waals surface area contributed by atoms with Crippen molar-refractivity contribution in [2.45, 2.75) is 34.1 Å². The van der Waals surface area contributed by atoms with Crippen LogP contribution >= 0.6 is 0 Å². The maximum atomic E-state index is 12.8. The molecular weight excluding hydrogens is 274 g/mol. The molecule has 2 aromatic carbocycles. The standard InChI is InChI=1S/C19H23NO2/c1-5-10-22-17-11-12(2)18(14(4)13(17)3)19(21)15-6-8-16(20)9-7-15/h6-9,11H,5,10,20H2,1-4H3. The molecule has 2 N–H and O–H groups in total. The van der Waals surface area contributed by atoms with E-state index in [1.165, 1.54) is 0 Å². The molecule has 0 aliphatic heterocycles. The van der Waals surface area contributed by atoms with Crippen molar-refractivity contribution in [2.75, 3.05) is 12.3 Å². The number of carbonyl (C=O) groups excluding carboxylic acids is 1. The number of hydrogen-bond donors (Lipinski definition) is 1. The zero-order chi connectivity index (χ0) is 16.3. The lowest BCUT2D eigenvalue weighted by atomic mass is 9.91. The Morgan fingerprint density at radius 1 is 1.09 bits per heavy atom. The van der Waals surface area contributed by atoms with Crippen LogP contribution in [0.4, 0.5) is 5.69 Å². The first-order chi connectivity index (χ1) is 10.5. The Bertz CT molecular complexity index is 688. The van der Waals surface area contributed by atoms with Crippen molar-refractivity contribution in [1.82, 2.24) is 0 Å². The topological polar surface area (TPSA) is 52.3 Å². The van der Waals surface area contributed by atoms with Crippen molar-refractivity contribution in [2.24, 2.45) is 0 Å². The van der Waals surface area contributed by atoms with E-state index in [9.17, 15) is 4.79 Å². The summed E-state index contributed by atoms with van der Waals surface area (Å²) in [5, 5.41) is 0. The van der Waals surface area contributed by atoms with Gasteiger partial charge < -0.3 is 10.5 Å². The van der Waals surface area contributed by atoms with Crippen molar-refractivity contribution in [3.05, 3.63) is 58.1 Å². The van der Waals surface area contributed by atoms with Crippen LogP contribution in [0.15, 0.2) is 30.3 Å². The van der Waals surface area contributed by atoms with Gasteiger partial charge in [-0.15, -0.1) is 0 Å². The van der Waals surface area contributed by atoms with Crippen LogP contribution in [0.3, 0.4) is 0 Å². The number of carbonyl (C=O) groups is 1. The third-order valence-corrected chi connectivity index (χ3v) is 3.91. The molecule has 0 saturated carbocycles. The molecule has 2 rings (SSSR count). The number of aryl methyl sites for hydroxylation is 1. The van der Waals surface area contributed by atoms with Gasteiger partial charge in [0, 0.05) is 16.8 Å². The fourth-order valence-electron chi connectivity index (χ4n) is 2.54. The van der Waals surface area contributed by atoms with Crippen LogP contribution in [0.1, 0.15) is 46.0 Å². The van der Waals surface area contributed by atoms with Gasteiger partial charge in [0.25, 0.3) is 0 Å². The van der Waals surface area contributed by atoms with Crippen molar-refractivity contribution in [1.29, 1.82) is 0 Å². The Morgan fingerprint density at radius 2 is 1.73 bits per heavy atom. The summed E-state index contributed by atoms with van der Waals surface area (Å²) in [4.78, 5) is 12.8. The van der Waals surface area contributed by atoms with Crippen LogP contribution in [0.25, 0.3) is 0 Å². The maximum Gasteiger partial charge on any atom is 0.193 e. The molecule has 0 bridgehead atoms. The number of nitrogen functional groups attached to an aromatic ring is 1. The normalized spacial score (nSPS) is 10.5. The highest BCUT2D eigenvalue weighted by Gasteiger charge is 2.18. The first-order valence-corrected chi connectivity index (χ1v) is 7.59. The summed E-state index contributed by atoms with van der Waals surface area (Å²) in [5.74, 6) is 0.894. The molecule has 0 fully saturated rings. The quantitative estimate of drug-likeness (QED) is 0.664. The minimum absolute atomic E-state index is 0.0279. The van der Waals surface area contributed by atoms with Gasteiger partial charge in [0.1, 0.15) is 5.75 Å². The van der Waals surface area contributed by atoms with Gasteiger partial charge in [0.05, 0.1) is 6.61 Å². The molecule has 3 nitrogen and oxygen atoms in total. The Hall–Kier alpha value is -2.29. The molecule has 0 radical (unpaired) electrons. The highest BCUT2D eigenvalue weighted by atomic mass is 16.5. The molecule has 22 heavy (non-hydrogen) atoms. The van der Waals surface area contributed by atoms with Crippen molar-refractivity contribution in [3.63, 3.8) is 0 Å². The van der Waals surface area contributed by atoms with Crippen LogP contribution in [0, 0.1) is 20.8 Å². The third-order valence-electron chi connectivity index (χ3n) is 3.91. The second kappa shape index (κ2) is 6.65. The van der Waals surface area contributed by atoms with Crippen LogP contribution in [0.5, 0.6) is 5.75 Å². The van der Waals surface area contributed by atoms with Crippen LogP contribution in [0.2, 0.25) is 0 Å². The Balaban J connectivity index is 2.45. The lowest BCUT2D eigenvalue weighted by Gasteiger charge is -2.16. The fourth-order valence-corrected chi connectivity index (χ4v) is 2.54. The molecule has 0 saturated heterocycles. The molecule has 0 atom stereocenters. The molecule has 0 aromatic heterocycles. The molecule has 116 valence electrons. The van der Waals surface area contributed by atoms with Crippen LogP contribution in [-0.4, -0.2) is 12.4 Å². The summed E-state index contributed by atoms with van der Waals surface area (Å²) in [6.07, 6.45) is 0.962. The molecule has 0 spiro atoms. The first-order valence-electron chi connectivity index (χ1n) is 7.59. The predicted molar refractivity (Wildman–Crippen MR) is 90.7 cm³/mol.